The zero-order valence-corrected chi connectivity index (χ0v) is 15.0. The summed E-state index contributed by atoms with van der Waals surface area (Å²) in [6.45, 7) is 1.99. The summed E-state index contributed by atoms with van der Waals surface area (Å²) in [5.74, 6) is 2.39. The molecule has 9 heteroatoms. The molecule has 0 radical (unpaired) electrons. The van der Waals surface area contributed by atoms with E-state index in [1.54, 1.807) is 23.1 Å². The first kappa shape index (κ1) is 15.9. The summed E-state index contributed by atoms with van der Waals surface area (Å²) in [5.41, 5.74) is 1.05. The Morgan fingerprint density at radius 2 is 2.27 bits per heavy atom. The standard InChI is InChI=1S/C13H18N4O2S3/c1-9-14-11(6-20-9)7-21-13-16-15-12(17(13)2)5-10-3-4-22(18,19)8-10/h6,10H,3-5,7-8H2,1-2H3/t10-/m1/s1. The van der Waals surface area contributed by atoms with Crippen molar-refractivity contribution >= 4 is 32.9 Å². The van der Waals surface area contributed by atoms with Crippen LogP contribution in [0.25, 0.3) is 0 Å². The van der Waals surface area contributed by atoms with E-state index in [0.29, 0.717) is 12.2 Å². The minimum atomic E-state index is -2.84. The van der Waals surface area contributed by atoms with Gasteiger partial charge in [-0.15, -0.1) is 21.5 Å². The van der Waals surface area contributed by atoms with Crippen molar-refractivity contribution in [2.24, 2.45) is 13.0 Å². The molecule has 0 aromatic carbocycles. The normalized spacial score (nSPS) is 20.5. The van der Waals surface area contributed by atoms with E-state index < -0.39 is 9.84 Å². The Balaban J connectivity index is 1.62. The zero-order chi connectivity index (χ0) is 15.7. The van der Waals surface area contributed by atoms with E-state index in [-0.39, 0.29) is 11.7 Å². The fraction of sp³-hybridized carbons (Fsp3) is 0.615. The van der Waals surface area contributed by atoms with Crippen molar-refractivity contribution in [3.8, 4) is 0 Å². The molecule has 2 aromatic rings. The molecule has 0 bridgehead atoms. The minimum Gasteiger partial charge on any atom is -0.309 e. The fourth-order valence-electron chi connectivity index (χ4n) is 2.55. The lowest BCUT2D eigenvalue weighted by Crippen LogP contribution is -2.11. The minimum absolute atomic E-state index is 0.173. The van der Waals surface area contributed by atoms with Gasteiger partial charge >= 0.3 is 0 Å². The predicted octanol–water partition coefficient (Wildman–Crippen LogP) is 1.85. The Morgan fingerprint density at radius 1 is 1.45 bits per heavy atom. The van der Waals surface area contributed by atoms with Crippen LogP contribution >= 0.6 is 23.1 Å². The first-order valence-electron chi connectivity index (χ1n) is 7.05. The molecule has 22 heavy (non-hydrogen) atoms. The molecule has 0 N–H and O–H groups in total. The predicted molar refractivity (Wildman–Crippen MR) is 87.9 cm³/mol. The molecule has 1 aliphatic heterocycles. The molecule has 1 aliphatic rings. The SMILES string of the molecule is Cc1nc(CSc2nnc(C[C@H]3CCS(=O)(=O)C3)n2C)cs1. The van der Waals surface area contributed by atoms with E-state index in [1.807, 2.05) is 18.5 Å². The van der Waals surface area contributed by atoms with Gasteiger partial charge in [0.2, 0.25) is 0 Å². The van der Waals surface area contributed by atoms with Crippen molar-refractivity contribution in [1.29, 1.82) is 0 Å². The maximum Gasteiger partial charge on any atom is 0.191 e. The van der Waals surface area contributed by atoms with E-state index in [0.717, 1.165) is 33.9 Å². The van der Waals surface area contributed by atoms with E-state index >= 15 is 0 Å². The van der Waals surface area contributed by atoms with Gasteiger partial charge < -0.3 is 4.57 Å². The van der Waals surface area contributed by atoms with Crippen LogP contribution in [0.15, 0.2) is 10.5 Å². The van der Waals surface area contributed by atoms with Crippen LogP contribution in [0.4, 0.5) is 0 Å². The van der Waals surface area contributed by atoms with E-state index in [9.17, 15) is 8.42 Å². The number of hydrogen-bond acceptors (Lipinski definition) is 7. The highest BCUT2D eigenvalue weighted by atomic mass is 32.2. The largest absolute Gasteiger partial charge is 0.309 e. The Kier molecular flexibility index (Phi) is 4.56. The van der Waals surface area contributed by atoms with Gasteiger partial charge in [-0.3, -0.25) is 0 Å². The summed E-state index contributed by atoms with van der Waals surface area (Å²) in [7, 11) is -0.897. The molecule has 3 rings (SSSR count). The van der Waals surface area contributed by atoms with Crippen LogP contribution in [-0.4, -0.2) is 39.7 Å². The van der Waals surface area contributed by atoms with Gasteiger partial charge in [-0.1, -0.05) is 11.8 Å². The fourth-order valence-corrected chi connectivity index (χ4v) is 5.96. The number of thiazole rings is 1. The van der Waals surface area contributed by atoms with Gasteiger partial charge in [-0.05, 0) is 19.3 Å². The van der Waals surface area contributed by atoms with Gasteiger partial charge in [0.1, 0.15) is 5.82 Å². The van der Waals surface area contributed by atoms with Crippen molar-refractivity contribution in [1.82, 2.24) is 19.7 Å². The summed E-state index contributed by atoms with van der Waals surface area (Å²) in [6.07, 6.45) is 1.41. The second-order valence-electron chi connectivity index (χ2n) is 5.58. The Morgan fingerprint density at radius 3 is 2.91 bits per heavy atom. The van der Waals surface area contributed by atoms with Crippen LogP contribution in [0.5, 0.6) is 0 Å². The van der Waals surface area contributed by atoms with Crippen LogP contribution in [-0.2, 0) is 29.1 Å². The summed E-state index contributed by atoms with van der Waals surface area (Å²) < 4.78 is 25.0. The maximum atomic E-state index is 11.5. The molecule has 0 aliphatic carbocycles. The molecule has 0 unspecified atom stereocenters. The number of sulfone groups is 1. The van der Waals surface area contributed by atoms with Crippen LogP contribution < -0.4 is 0 Å². The van der Waals surface area contributed by atoms with Gasteiger partial charge in [-0.2, -0.15) is 0 Å². The molecule has 3 heterocycles. The highest BCUT2D eigenvalue weighted by Gasteiger charge is 2.29. The van der Waals surface area contributed by atoms with Crippen molar-refractivity contribution in [2.45, 2.75) is 30.7 Å². The quantitative estimate of drug-likeness (QED) is 0.759. The Hall–Kier alpha value is -0.930. The average molecular weight is 359 g/mol. The lowest BCUT2D eigenvalue weighted by atomic mass is 10.1. The Bertz CT molecular complexity index is 766. The number of nitrogens with zero attached hydrogens (tertiary/aromatic N) is 4. The molecular formula is C13H18N4O2S3. The average Bonchev–Trinajstić information content (AvgIpc) is 3.11. The highest BCUT2D eigenvalue weighted by molar-refractivity contribution is 7.98. The molecule has 0 spiro atoms. The summed E-state index contributed by atoms with van der Waals surface area (Å²) >= 11 is 3.25. The monoisotopic (exact) mass is 358 g/mol. The molecule has 120 valence electrons. The van der Waals surface area contributed by atoms with Crippen molar-refractivity contribution in [3.05, 3.63) is 21.9 Å². The first-order chi connectivity index (χ1) is 10.4. The van der Waals surface area contributed by atoms with Gasteiger partial charge in [0.15, 0.2) is 15.0 Å². The van der Waals surface area contributed by atoms with Crippen molar-refractivity contribution in [2.75, 3.05) is 11.5 Å². The molecule has 1 fully saturated rings. The number of aromatic nitrogens is 4. The second-order valence-corrected chi connectivity index (χ2v) is 9.81. The number of rotatable bonds is 5. The second kappa shape index (κ2) is 6.29. The summed E-state index contributed by atoms with van der Waals surface area (Å²) in [4.78, 5) is 4.43. The summed E-state index contributed by atoms with van der Waals surface area (Å²) in [5, 5.41) is 12.4. The van der Waals surface area contributed by atoms with Crippen LogP contribution in [0.2, 0.25) is 0 Å². The third-order valence-electron chi connectivity index (χ3n) is 3.74. The van der Waals surface area contributed by atoms with Gasteiger partial charge in [-0.25, -0.2) is 13.4 Å². The smallest absolute Gasteiger partial charge is 0.191 e. The van der Waals surface area contributed by atoms with Gasteiger partial charge in [0, 0.05) is 24.6 Å². The third kappa shape index (κ3) is 3.69. The molecule has 1 atom stereocenters. The van der Waals surface area contributed by atoms with Crippen molar-refractivity contribution in [3.63, 3.8) is 0 Å². The maximum absolute atomic E-state index is 11.5. The molecular weight excluding hydrogens is 340 g/mol. The molecule has 2 aromatic heterocycles. The lowest BCUT2D eigenvalue weighted by molar-refractivity contribution is 0.552. The number of hydrogen-bond donors (Lipinski definition) is 0. The van der Waals surface area contributed by atoms with E-state index in [4.69, 9.17) is 0 Å². The number of thioether (sulfide) groups is 1. The topological polar surface area (TPSA) is 77.7 Å². The van der Waals surface area contributed by atoms with Gasteiger partial charge in [0.05, 0.1) is 22.2 Å². The lowest BCUT2D eigenvalue weighted by Gasteiger charge is -2.07. The molecule has 0 amide bonds. The summed E-state index contributed by atoms with van der Waals surface area (Å²) in [6, 6.07) is 0. The zero-order valence-electron chi connectivity index (χ0n) is 12.5. The van der Waals surface area contributed by atoms with Crippen LogP contribution in [0.1, 0.15) is 22.9 Å². The van der Waals surface area contributed by atoms with Crippen LogP contribution in [0.3, 0.4) is 0 Å². The third-order valence-corrected chi connectivity index (χ3v) is 7.45. The molecule has 1 saturated heterocycles. The molecule has 6 nitrogen and oxygen atoms in total. The number of aryl methyl sites for hydroxylation is 1. The van der Waals surface area contributed by atoms with E-state index in [1.165, 1.54) is 0 Å². The van der Waals surface area contributed by atoms with Crippen LogP contribution in [0, 0.1) is 12.8 Å². The van der Waals surface area contributed by atoms with E-state index in [2.05, 4.69) is 20.6 Å². The van der Waals surface area contributed by atoms with Crippen molar-refractivity contribution < 1.29 is 8.42 Å². The first-order valence-corrected chi connectivity index (χ1v) is 10.7. The molecule has 0 saturated carbocycles. The van der Waals surface area contributed by atoms with Gasteiger partial charge in [0.25, 0.3) is 0 Å². The Labute approximate surface area is 138 Å². The highest BCUT2D eigenvalue weighted by Crippen LogP contribution is 2.25.